The van der Waals surface area contributed by atoms with E-state index in [1.807, 2.05) is 0 Å². The highest BCUT2D eigenvalue weighted by Gasteiger charge is 2.29. The van der Waals surface area contributed by atoms with Gasteiger partial charge in [-0.05, 0) is 18.8 Å². The standard InChI is InChI=1S/C9H13NO3/c1-2-6-3-4-8(7(11)5-6)13-9(10)12/h2,6,8H,1,3-5H2,(H2,10,12). The number of rotatable bonds is 2. The van der Waals surface area contributed by atoms with Crippen molar-refractivity contribution in [2.24, 2.45) is 11.7 Å². The van der Waals surface area contributed by atoms with Crippen molar-refractivity contribution in [3.05, 3.63) is 12.7 Å². The molecule has 0 aliphatic heterocycles. The van der Waals surface area contributed by atoms with Gasteiger partial charge >= 0.3 is 6.09 Å². The van der Waals surface area contributed by atoms with Crippen molar-refractivity contribution >= 4 is 11.9 Å². The zero-order valence-electron chi connectivity index (χ0n) is 7.36. The van der Waals surface area contributed by atoms with Crippen LogP contribution in [0.1, 0.15) is 19.3 Å². The van der Waals surface area contributed by atoms with E-state index in [0.29, 0.717) is 12.8 Å². The van der Waals surface area contributed by atoms with E-state index >= 15 is 0 Å². The van der Waals surface area contributed by atoms with Crippen LogP contribution in [0.5, 0.6) is 0 Å². The minimum absolute atomic E-state index is 0.0602. The van der Waals surface area contributed by atoms with Crippen LogP contribution < -0.4 is 5.73 Å². The summed E-state index contributed by atoms with van der Waals surface area (Å²) in [5.74, 6) is 0.162. The molecule has 0 aromatic carbocycles. The monoisotopic (exact) mass is 183 g/mol. The zero-order chi connectivity index (χ0) is 9.84. The van der Waals surface area contributed by atoms with Crippen LogP contribution in [-0.4, -0.2) is 18.0 Å². The molecule has 1 aliphatic rings. The van der Waals surface area contributed by atoms with Crippen molar-refractivity contribution in [2.45, 2.75) is 25.4 Å². The molecule has 2 N–H and O–H groups in total. The molecule has 0 heterocycles. The SMILES string of the molecule is C=CC1CCC(OC(N)=O)C(=O)C1. The lowest BCUT2D eigenvalue weighted by molar-refractivity contribution is -0.130. The molecule has 13 heavy (non-hydrogen) atoms. The maximum Gasteiger partial charge on any atom is 0.405 e. The molecule has 0 saturated heterocycles. The van der Waals surface area contributed by atoms with E-state index in [1.54, 1.807) is 6.08 Å². The molecule has 1 rings (SSSR count). The summed E-state index contributed by atoms with van der Waals surface area (Å²) in [5.41, 5.74) is 4.82. The van der Waals surface area contributed by atoms with Crippen molar-refractivity contribution in [2.75, 3.05) is 0 Å². The number of ketones is 1. The van der Waals surface area contributed by atoms with Gasteiger partial charge in [-0.3, -0.25) is 4.79 Å². The van der Waals surface area contributed by atoms with E-state index < -0.39 is 12.2 Å². The Hall–Kier alpha value is -1.32. The molecule has 0 aromatic heterocycles. The van der Waals surface area contributed by atoms with Crippen molar-refractivity contribution in [1.82, 2.24) is 0 Å². The number of nitrogens with two attached hydrogens (primary N) is 1. The average Bonchev–Trinajstić information content (AvgIpc) is 2.08. The number of carbonyl (C=O) groups is 2. The number of Topliss-reactive ketones (excluding diaryl/α,β-unsaturated/α-hetero) is 1. The predicted molar refractivity (Wildman–Crippen MR) is 47.0 cm³/mol. The van der Waals surface area contributed by atoms with Crippen LogP contribution in [0.25, 0.3) is 0 Å². The van der Waals surface area contributed by atoms with E-state index in [9.17, 15) is 9.59 Å². The molecule has 1 fully saturated rings. The third-order valence-electron chi connectivity index (χ3n) is 2.21. The Bertz CT molecular complexity index is 237. The minimum atomic E-state index is -0.879. The topological polar surface area (TPSA) is 69.4 Å². The molecule has 4 heteroatoms. The lowest BCUT2D eigenvalue weighted by Crippen LogP contribution is -2.34. The van der Waals surface area contributed by atoms with E-state index in [4.69, 9.17) is 5.73 Å². The van der Waals surface area contributed by atoms with Crippen molar-refractivity contribution < 1.29 is 14.3 Å². The maximum atomic E-state index is 11.3. The lowest BCUT2D eigenvalue weighted by Gasteiger charge is -2.24. The highest BCUT2D eigenvalue weighted by Crippen LogP contribution is 2.24. The van der Waals surface area contributed by atoms with Crippen molar-refractivity contribution in [3.8, 4) is 0 Å². The Balaban J connectivity index is 2.48. The normalized spacial score (nSPS) is 28.2. The molecule has 0 spiro atoms. The summed E-state index contributed by atoms with van der Waals surface area (Å²) in [7, 11) is 0. The number of primary amides is 1. The number of hydrogen-bond donors (Lipinski definition) is 1. The summed E-state index contributed by atoms with van der Waals surface area (Å²) in [6, 6.07) is 0. The largest absolute Gasteiger partial charge is 0.438 e. The van der Waals surface area contributed by atoms with Gasteiger partial charge < -0.3 is 10.5 Å². The van der Waals surface area contributed by atoms with E-state index in [2.05, 4.69) is 11.3 Å². The summed E-state index contributed by atoms with van der Waals surface area (Å²) >= 11 is 0. The first kappa shape index (κ1) is 9.77. The molecular weight excluding hydrogens is 170 g/mol. The first-order valence-corrected chi connectivity index (χ1v) is 4.25. The molecule has 0 radical (unpaired) electrons. The van der Waals surface area contributed by atoms with Gasteiger partial charge in [-0.15, -0.1) is 6.58 Å². The third-order valence-corrected chi connectivity index (χ3v) is 2.21. The highest BCUT2D eigenvalue weighted by atomic mass is 16.6. The first-order valence-electron chi connectivity index (χ1n) is 4.25. The molecule has 4 nitrogen and oxygen atoms in total. The molecule has 0 bridgehead atoms. The Labute approximate surface area is 76.7 Å². The summed E-state index contributed by atoms with van der Waals surface area (Å²) in [5, 5.41) is 0. The van der Waals surface area contributed by atoms with E-state index in [1.165, 1.54) is 0 Å². The molecular formula is C9H13NO3. The quantitative estimate of drug-likeness (QED) is 0.649. The fourth-order valence-electron chi connectivity index (χ4n) is 1.48. The first-order chi connectivity index (χ1) is 6.13. The Morgan fingerprint density at radius 2 is 2.31 bits per heavy atom. The maximum absolute atomic E-state index is 11.3. The molecule has 1 aliphatic carbocycles. The van der Waals surface area contributed by atoms with Crippen LogP contribution in [-0.2, 0) is 9.53 Å². The zero-order valence-corrected chi connectivity index (χ0v) is 7.36. The van der Waals surface area contributed by atoms with Crippen LogP contribution >= 0.6 is 0 Å². The van der Waals surface area contributed by atoms with Gasteiger partial charge in [-0.1, -0.05) is 6.08 Å². The Kier molecular flexibility index (Phi) is 3.06. The second kappa shape index (κ2) is 4.07. The predicted octanol–water partition coefficient (Wildman–Crippen LogP) is 1.01. The van der Waals surface area contributed by atoms with Gasteiger partial charge in [0.15, 0.2) is 11.9 Å². The van der Waals surface area contributed by atoms with Crippen LogP contribution in [0, 0.1) is 5.92 Å². The van der Waals surface area contributed by atoms with Crippen LogP contribution in [0.2, 0.25) is 0 Å². The Morgan fingerprint density at radius 3 is 2.77 bits per heavy atom. The fourth-order valence-corrected chi connectivity index (χ4v) is 1.48. The summed E-state index contributed by atoms with van der Waals surface area (Å²) in [4.78, 5) is 21.7. The highest BCUT2D eigenvalue weighted by molar-refractivity contribution is 5.86. The van der Waals surface area contributed by atoms with Crippen LogP contribution in [0.3, 0.4) is 0 Å². The van der Waals surface area contributed by atoms with Crippen LogP contribution in [0.4, 0.5) is 4.79 Å². The van der Waals surface area contributed by atoms with Gasteiger partial charge in [-0.25, -0.2) is 4.79 Å². The number of amides is 1. The van der Waals surface area contributed by atoms with Gasteiger partial charge in [0, 0.05) is 6.42 Å². The van der Waals surface area contributed by atoms with Crippen molar-refractivity contribution in [3.63, 3.8) is 0 Å². The molecule has 1 amide bonds. The third kappa shape index (κ3) is 2.57. The molecule has 1 saturated carbocycles. The number of hydrogen-bond acceptors (Lipinski definition) is 3. The lowest BCUT2D eigenvalue weighted by atomic mass is 9.86. The van der Waals surface area contributed by atoms with Crippen LogP contribution in [0.15, 0.2) is 12.7 Å². The van der Waals surface area contributed by atoms with Gasteiger partial charge in [0.05, 0.1) is 0 Å². The van der Waals surface area contributed by atoms with Crippen molar-refractivity contribution in [1.29, 1.82) is 0 Å². The Morgan fingerprint density at radius 1 is 1.62 bits per heavy atom. The van der Waals surface area contributed by atoms with Gasteiger partial charge in [0.1, 0.15) is 0 Å². The molecule has 72 valence electrons. The van der Waals surface area contributed by atoms with Gasteiger partial charge in [-0.2, -0.15) is 0 Å². The number of allylic oxidation sites excluding steroid dienone is 1. The van der Waals surface area contributed by atoms with E-state index in [0.717, 1.165) is 6.42 Å². The van der Waals surface area contributed by atoms with Gasteiger partial charge in [0.2, 0.25) is 0 Å². The molecule has 2 unspecified atom stereocenters. The number of carbonyl (C=O) groups excluding carboxylic acids is 2. The second-order valence-electron chi connectivity index (χ2n) is 3.17. The molecule has 2 atom stereocenters. The smallest absolute Gasteiger partial charge is 0.405 e. The average molecular weight is 183 g/mol. The molecule has 0 aromatic rings. The summed E-state index contributed by atoms with van der Waals surface area (Å²) in [6.07, 6.45) is 2.04. The van der Waals surface area contributed by atoms with E-state index in [-0.39, 0.29) is 11.7 Å². The summed E-state index contributed by atoms with van der Waals surface area (Å²) < 4.78 is 4.65. The fraction of sp³-hybridized carbons (Fsp3) is 0.556. The second-order valence-corrected chi connectivity index (χ2v) is 3.17. The minimum Gasteiger partial charge on any atom is -0.438 e. The number of ether oxygens (including phenoxy) is 1. The van der Waals surface area contributed by atoms with Gasteiger partial charge in [0.25, 0.3) is 0 Å². The summed E-state index contributed by atoms with van der Waals surface area (Å²) in [6.45, 7) is 3.62.